The predicted molar refractivity (Wildman–Crippen MR) is 114 cm³/mol. The highest BCUT2D eigenvalue weighted by Crippen LogP contribution is 2.25. The Bertz CT molecular complexity index is 1040. The number of hydroxylamine groups is 1. The Morgan fingerprint density at radius 1 is 1.00 bits per heavy atom. The fourth-order valence-corrected chi connectivity index (χ4v) is 4.17. The van der Waals surface area contributed by atoms with Crippen LogP contribution in [0.3, 0.4) is 0 Å². The van der Waals surface area contributed by atoms with Crippen LogP contribution in [0.15, 0.2) is 54.6 Å². The SMILES string of the molecule is NC(=O)[C@H](Cc1ccccc1)NC(=O)[C@H](Cc1nc2ccccc2s1)[C@H](O)C(=O)NO. The van der Waals surface area contributed by atoms with Crippen LogP contribution < -0.4 is 16.5 Å². The van der Waals surface area contributed by atoms with Gasteiger partial charge in [0, 0.05) is 12.8 Å². The molecule has 10 heteroatoms. The van der Waals surface area contributed by atoms with E-state index in [1.165, 1.54) is 16.8 Å². The first-order chi connectivity index (χ1) is 14.9. The molecule has 0 spiro atoms. The molecule has 0 aliphatic rings. The Labute approximate surface area is 181 Å². The van der Waals surface area contributed by atoms with Crippen molar-refractivity contribution in [2.75, 3.05) is 0 Å². The summed E-state index contributed by atoms with van der Waals surface area (Å²) in [6.45, 7) is 0. The van der Waals surface area contributed by atoms with E-state index in [9.17, 15) is 19.5 Å². The van der Waals surface area contributed by atoms with E-state index in [4.69, 9.17) is 10.9 Å². The number of aromatic nitrogens is 1. The van der Waals surface area contributed by atoms with Gasteiger partial charge in [-0.25, -0.2) is 10.5 Å². The third-order valence-electron chi connectivity index (χ3n) is 4.77. The van der Waals surface area contributed by atoms with Gasteiger partial charge in [-0.2, -0.15) is 0 Å². The normalized spacial score (nSPS) is 13.9. The van der Waals surface area contributed by atoms with Crippen LogP contribution in [0.5, 0.6) is 0 Å². The van der Waals surface area contributed by atoms with Crippen LogP contribution in [0.2, 0.25) is 0 Å². The molecule has 0 unspecified atom stereocenters. The van der Waals surface area contributed by atoms with Gasteiger partial charge in [0.15, 0.2) is 0 Å². The number of fused-ring (bicyclic) bond motifs is 1. The van der Waals surface area contributed by atoms with Crippen molar-refractivity contribution in [3.8, 4) is 0 Å². The lowest BCUT2D eigenvalue weighted by Crippen LogP contribution is -2.52. The van der Waals surface area contributed by atoms with Gasteiger partial charge in [0.05, 0.1) is 21.1 Å². The van der Waals surface area contributed by atoms with Crippen LogP contribution in [0.25, 0.3) is 10.2 Å². The maximum atomic E-state index is 13.0. The molecule has 6 N–H and O–H groups in total. The van der Waals surface area contributed by atoms with E-state index in [2.05, 4.69) is 10.3 Å². The lowest BCUT2D eigenvalue weighted by atomic mass is 9.96. The van der Waals surface area contributed by atoms with Crippen LogP contribution in [-0.2, 0) is 27.2 Å². The van der Waals surface area contributed by atoms with Crippen molar-refractivity contribution in [2.45, 2.75) is 25.0 Å². The molecular weight excluding hydrogens is 420 g/mol. The summed E-state index contributed by atoms with van der Waals surface area (Å²) in [5.41, 5.74) is 8.31. The summed E-state index contributed by atoms with van der Waals surface area (Å²) in [5.74, 6) is -3.95. The molecule has 0 aliphatic heterocycles. The fraction of sp³-hybridized carbons (Fsp3) is 0.238. The minimum Gasteiger partial charge on any atom is -0.382 e. The molecule has 0 radical (unpaired) electrons. The van der Waals surface area contributed by atoms with Gasteiger partial charge in [-0.05, 0) is 17.7 Å². The molecule has 3 rings (SSSR count). The molecule has 0 bridgehead atoms. The molecule has 0 saturated heterocycles. The van der Waals surface area contributed by atoms with Gasteiger partial charge in [0.1, 0.15) is 12.1 Å². The summed E-state index contributed by atoms with van der Waals surface area (Å²) < 4.78 is 0.886. The third kappa shape index (κ3) is 5.63. The number of nitrogens with one attached hydrogen (secondary N) is 2. The van der Waals surface area contributed by atoms with Gasteiger partial charge in [0.25, 0.3) is 5.91 Å². The van der Waals surface area contributed by atoms with Gasteiger partial charge in [-0.1, -0.05) is 42.5 Å². The Kier molecular flexibility index (Phi) is 7.29. The Morgan fingerprint density at radius 3 is 2.32 bits per heavy atom. The van der Waals surface area contributed by atoms with Crippen LogP contribution in [0, 0.1) is 5.92 Å². The minimum atomic E-state index is -1.86. The molecule has 0 saturated carbocycles. The van der Waals surface area contributed by atoms with Crippen LogP contribution in [0.4, 0.5) is 0 Å². The lowest BCUT2D eigenvalue weighted by molar-refractivity contribution is -0.146. The summed E-state index contributed by atoms with van der Waals surface area (Å²) in [6.07, 6.45) is -1.78. The maximum absolute atomic E-state index is 13.0. The molecule has 9 nitrogen and oxygen atoms in total. The van der Waals surface area contributed by atoms with Gasteiger partial charge in [-0.15, -0.1) is 11.3 Å². The first-order valence-corrected chi connectivity index (χ1v) is 10.3. The largest absolute Gasteiger partial charge is 0.382 e. The number of benzene rings is 2. The van der Waals surface area contributed by atoms with E-state index >= 15 is 0 Å². The molecule has 0 aliphatic carbocycles. The average molecular weight is 442 g/mol. The van der Waals surface area contributed by atoms with Gasteiger partial charge in [-0.3, -0.25) is 19.6 Å². The van der Waals surface area contributed by atoms with Crippen molar-refractivity contribution in [3.05, 3.63) is 65.2 Å². The molecule has 1 heterocycles. The van der Waals surface area contributed by atoms with E-state index < -0.39 is 35.8 Å². The van der Waals surface area contributed by atoms with E-state index in [-0.39, 0.29) is 12.8 Å². The second-order valence-electron chi connectivity index (χ2n) is 6.96. The third-order valence-corrected chi connectivity index (χ3v) is 5.83. The number of nitrogens with zero attached hydrogens (tertiary/aromatic N) is 1. The zero-order chi connectivity index (χ0) is 22.4. The molecule has 31 heavy (non-hydrogen) atoms. The monoisotopic (exact) mass is 442 g/mol. The topological polar surface area (TPSA) is 155 Å². The highest BCUT2D eigenvalue weighted by Gasteiger charge is 2.35. The standard InChI is InChI=1S/C21H22N4O5S/c22-19(27)15(10-12-6-2-1-3-7-12)24-20(28)13(18(26)21(29)25-30)11-17-23-14-8-4-5-9-16(14)31-17/h1-9,13,15,18,26,30H,10-11H2,(H2,22,27)(H,24,28)(H,25,29)/t13-,15+,18+/m1/s1. The first-order valence-electron chi connectivity index (χ1n) is 9.49. The quantitative estimate of drug-likeness (QED) is 0.241. The Balaban J connectivity index is 1.82. The number of aliphatic hydroxyl groups is 1. The smallest absolute Gasteiger partial charge is 0.272 e. The number of carbonyl (C=O) groups is 3. The van der Waals surface area contributed by atoms with E-state index in [1.54, 1.807) is 24.3 Å². The average Bonchev–Trinajstić information content (AvgIpc) is 3.19. The zero-order valence-electron chi connectivity index (χ0n) is 16.4. The lowest BCUT2D eigenvalue weighted by Gasteiger charge is -2.23. The maximum Gasteiger partial charge on any atom is 0.272 e. The number of hydrogen-bond acceptors (Lipinski definition) is 7. The number of thiazole rings is 1. The summed E-state index contributed by atoms with van der Waals surface area (Å²) in [5, 5.41) is 22.3. The van der Waals surface area contributed by atoms with Crippen molar-refractivity contribution < 1.29 is 24.7 Å². The van der Waals surface area contributed by atoms with Crippen LogP contribution >= 0.6 is 11.3 Å². The minimum absolute atomic E-state index is 0.0728. The molecule has 3 atom stereocenters. The number of aliphatic hydroxyl groups excluding tert-OH is 1. The summed E-state index contributed by atoms with van der Waals surface area (Å²) >= 11 is 1.32. The van der Waals surface area contributed by atoms with Crippen molar-refractivity contribution >= 4 is 39.3 Å². The fourth-order valence-electron chi connectivity index (χ4n) is 3.14. The number of amides is 3. The Morgan fingerprint density at radius 2 is 1.68 bits per heavy atom. The van der Waals surface area contributed by atoms with Gasteiger partial charge < -0.3 is 16.2 Å². The summed E-state index contributed by atoms with van der Waals surface area (Å²) in [4.78, 5) is 41.1. The number of para-hydroxylation sites is 1. The van der Waals surface area contributed by atoms with E-state index in [1.807, 2.05) is 30.3 Å². The zero-order valence-corrected chi connectivity index (χ0v) is 17.2. The second kappa shape index (κ2) is 10.1. The van der Waals surface area contributed by atoms with E-state index in [0.717, 1.165) is 15.8 Å². The van der Waals surface area contributed by atoms with Gasteiger partial charge in [0.2, 0.25) is 11.8 Å². The second-order valence-corrected chi connectivity index (χ2v) is 8.08. The highest BCUT2D eigenvalue weighted by atomic mass is 32.1. The number of primary amides is 1. The molecule has 1 aromatic heterocycles. The summed E-state index contributed by atoms with van der Waals surface area (Å²) in [7, 11) is 0. The molecule has 3 aromatic rings. The number of rotatable bonds is 9. The van der Waals surface area contributed by atoms with Crippen molar-refractivity contribution in [2.24, 2.45) is 11.7 Å². The molecule has 3 amide bonds. The molecular formula is C21H22N4O5S. The molecule has 2 aromatic carbocycles. The van der Waals surface area contributed by atoms with Crippen LogP contribution in [0.1, 0.15) is 10.6 Å². The van der Waals surface area contributed by atoms with Gasteiger partial charge >= 0.3 is 0 Å². The number of hydrogen-bond donors (Lipinski definition) is 5. The highest BCUT2D eigenvalue weighted by molar-refractivity contribution is 7.18. The predicted octanol–water partition coefficient (Wildman–Crippen LogP) is 0.534. The Hall–Kier alpha value is -3.34. The first kappa shape index (κ1) is 22.3. The van der Waals surface area contributed by atoms with Crippen molar-refractivity contribution in [1.29, 1.82) is 0 Å². The molecule has 0 fully saturated rings. The molecule has 162 valence electrons. The van der Waals surface area contributed by atoms with Crippen molar-refractivity contribution in [1.82, 2.24) is 15.8 Å². The van der Waals surface area contributed by atoms with E-state index in [0.29, 0.717) is 5.01 Å². The number of nitrogens with two attached hydrogens (primary N) is 1. The number of carbonyl (C=O) groups excluding carboxylic acids is 3. The van der Waals surface area contributed by atoms with Crippen molar-refractivity contribution in [3.63, 3.8) is 0 Å². The van der Waals surface area contributed by atoms with Crippen LogP contribution in [-0.4, -0.2) is 45.2 Å². The summed E-state index contributed by atoms with van der Waals surface area (Å²) in [6, 6.07) is 15.3.